The van der Waals surface area contributed by atoms with Crippen LogP contribution in [0.25, 0.3) is 0 Å². The SMILES string of the molecule is Cc1cc2c(c(C)c1NC(=O)CC(C)(C)C)CCCC2=O. The lowest BCUT2D eigenvalue weighted by Crippen LogP contribution is -2.22. The Bertz CT molecular complexity index is 594. The lowest BCUT2D eigenvalue weighted by atomic mass is 9.85. The fourth-order valence-corrected chi connectivity index (χ4v) is 3.01. The number of anilines is 1. The van der Waals surface area contributed by atoms with E-state index in [0.717, 1.165) is 40.8 Å². The molecule has 1 N–H and O–H groups in total. The number of benzene rings is 1. The number of rotatable bonds is 2. The molecule has 3 nitrogen and oxygen atoms in total. The molecular weight excluding hydrogens is 262 g/mol. The smallest absolute Gasteiger partial charge is 0.224 e. The van der Waals surface area contributed by atoms with Crippen molar-refractivity contribution < 1.29 is 9.59 Å². The third-order valence-electron chi connectivity index (χ3n) is 3.99. The summed E-state index contributed by atoms with van der Waals surface area (Å²) in [5.41, 5.74) is 4.85. The first-order valence-corrected chi connectivity index (χ1v) is 7.65. The minimum atomic E-state index is -0.0317. The summed E-state index contributed by atoms with van der Waals surface area (Å²) < 4.78 is 0. The Labute approximate surface area is 127 Å². The predicted molar refractivity (Wildman–Crippen MR) is 85.9 cm³/mol. The first-order valence-electron chi connectivity index (χ1n) is 7.65. The van der Waals surface area contributed by atoms with E-state index in [-0.39, 0.29) is 17.1 Å². The van der Waals surface area contributed by atoms with Crippen molar-refractivity contribution in [3.63, 3.8) is 0 Å². The Balaban J connectivity index is 2.33. The van der Waals surface area contributed by atoms with Crippen molar-refractivity contribution in [1.29, 1.82) is 0 Å². The molecule has 0 radical (unpaired) electrons. The molecule has 3 heteroatoms. The number of carbonyl (C=O) groups excluding carboxylic acids is 2. The van der Waals surface area contributed by atoms with E-state index in [1.165, 1.54) is 0 Å². The van der Waals surface area contributed by atoms with Crippen LogP contribution in [-0.4, -0.2) is 11.7 Å². The van der Waals surface area contributed by atoms with Crippen molar-refractivity contribution >= 4 is 17.4 Å². The molecule has 0 saturated carbocycles. The van der Waals surface area contributed by atoms with Gasteiger partial charge in [-0.25, -0.2) is 0 Å². The largest absolute Gasteiger partial charge is 0.326 e. The highest BCUT2D eigenvalue weighted by Gasteiger charge is 2.23. The van der Waals surface area contributed by atoms with E-state index in [1.54, 1.807) is 0 Å². The van der Waals surface area contributed by atoms with Gasteiger partial charge in [-0.2, -0.15) is 0 Å². The standard InChI is InChI=1S/C18H25NO2/c1-11-9-14-13(7-6-8-15(14)20)12(2)17(11)19-16(21)10-18(3,4)5/h9H,6-8,10H2,1-5H3,(H,19,21). The average Bonchev–Trinajstić information content (AvgIpc) is 2.34. The molecule has 0 aromatic heterocycles. The number of fused-ring (bicyclic) bond motifs is 1. The number of aryl methyl sites for hydroxylation is 1. The van der Waals surface area contributed by atoms with Gasteiger partial charge in [0.05, 0.1) is 0 Å². The van der Waals surface area contributed by atoms with Crippen LogP contribution in [0.5, 0.6) is 0 Å². The molecule has 1 aliphatic carbocycles. The van der Waals surface area contributed by atoms with Gasteiger partial charge in [-0.3, -0.25) is 9.59 Å². The van der Waals surface area contributed by atoms with Crippen molar-refractivity contribution in [2.75, 3.05) is 5.32 Å². The van der Waals surface area contributed by atoms with Gasteiger partial charge in [0.15, 0.2) is 5.78 Å². The van der Waals surface area contributed by atoms with Crippen LogP contribution in [0.3, 0.4) is 0 Å². The van der Waals surface area contributed by atoms with Crippen molar-refractivity contribution in [2.24, 2.45) is 5.41 Å². The minimum absolute atomic E-state index is 0.0317. The number of hydrogen-bond donors (Lipinski definition) is 1. The first-order chi connectivity index (χ1) is 9.69. The summed E-state index contributed by atoms with van der Waals surface area (Å²) in [6.45, 7) is 10.1. The van der Waals surface area contributed by atoms with Crippen molar-refractivity contribution in [2.45, 2.75) is 60.3 Å². The highest BCUT2D eigenvalue weighted by molar-refractivity contribution is 6.01. The lowest BCUT2D eigenvalue weighted by molar-refractivity contribution is -0.117. The number of ketones is 1. The topological polar surface area (TPSA) is 46.2 Å². The van der Waals surface area contributed by atoms with Gasteiger partial charge in [0.1, 0.15) is 0 Å². The molecule has 114 valence electrons. The van der Waals surface area contributed by atoms with E-state index in [9.17, 15) is 9.59 Å². The van der Waals surface area contributed by atoms with Crippen molar-refractivity contribution in [3.8, 4) is 0 Å². The number of Topliss-reactive ketones (excluding diaryl/α,β-unsaturated/α-hetero) is 1. The molecule has 2 rings (SSSR count). The fraction of sp³-hybridized carbons (Fsp3) is 0.556. The Morgan fingerprint density at radius 2 is 1.90 bits per heavy atom. The fourth-order valence-electron chi connectivity index (χ4n) is 3.01. The van der Waals surface area contributed by atoms with Crippen LogP contribution in [-0.2, 0) is 11.2 Å². The molecule has 0 bridgehead atoms. The van der Waals surface area contributed by atoms with E-state index in [4.69, 9.17) is 0 Å². The highest BCUT2D eigenvalue weighted by atomic mass is 16.1. The van der Waals surface area contributed by atoms with Crippen LogP contribution in [0, 0.1) is 19.3 Å². The summed E-state index contributed by atoms with van der Waals surface area (Å²) in [4.78, 5) is 24.2. The van der Waals surface area contributed by atoms with Crippen LogP contribution in [0.2, 0.25) is 0 Å². The van der Waals surface area contributed by atoms with Gasteiger partial charge >= 0.3 is 0 Å². The van der Waals surface area contributed by atoms with Crippen molar-refractivity contribution in [3.05, 3.63) is 28.3 Å². The monoisotopic (exact) mass is 287 g/mol. The molecule has 1 aromatic carbocycles. The van der Waals surface area contributed by atoms with Gasteiger partial charge in [0.2, 0.25) is 5.91 Å². The Morgan fingerprint density at radius 3 is 2.52 bits per heavy atom. The summed E-state index contributed by atoms with van der Waals surface area (Å²) >= 11 is 0. The molecule has 1 amide bonds. The third kappa shape index (κ3) is 3.52. The highest BCUT2D eigenvalue weighted by Crippen LogP contribution is 2.32. The van der Waals surface area contributed by atoms with Crippen LogP contribution in [0.1, 0.15) is 67.1 Å². The predicted octanol–water partition coefficient (Wildman–Crippen LogP) is 4.20. The van der Waals surface area contributed by atoms with Gasteiger partial charge in [-0.05, 0) is 54.9 Å². The van der Waals surface area contributed by atoms with E-state index < -0.39 is 0 Å². The van der Waals surface area contributed by atoms with Gasteiger partial charge < -0.3 is 5.32 Å². The van der Waals surface area contributed by atoms with E-state index in [2.05, 4.69) is 26.1 Å². The molecule has 1 aromatic rings. The second-order valence-corrected chi connectivity index (χ2v) is 7.28. The molecule has 0 heterocycles. The maximum Gasteiger partial charge on any atom is 0.224 e. The molecular formula is C18H25NO2. The Kier molecular flexibility index (Phi) is 4.22. The van der Waals surface area contributed by atoms with Gasteiger partial charge in [-0.15, -0.1) is 0 Å². The Morgan fingerprint density at radius 1 is 1.24 bits per heavy atom. The first kappa shape index (κ1) is 15.7. The van der Waals surface area contributed by atoms with E-state index in [1.807, 2.05) is 19.9 Å². The molecule has 0 saturated heterocycles. The van der Waals surface area contributed by atoms with Crippen LogP contribution < -0.4 is 5.32 Å². The van der Waals surface area contributed by atoms with Crippen LogP contribution >= 0.6 is 0 Å². The van der Waals surface area contributed by atoms with Crippen LogP contribution in [0.4, 0.5) is 5.69 Å². The van der Waals surface area contributed by atoms with Gasteiger partial charge in [0, 0.05) is 24.1 Å². The zero-order valence-corrected chi connectivity index (χ0v) is 13.7. The number of hydrogen-bond acceptors (Lipinski definition) is 2. The van der Waals surface area contributed by atoms with Gasteiger partial charge in [0.25, 0.3) is 0 Å². The van der Waals surface area contributed by atoms with Crippen LogP contribution in [0.15, 0.2) is 6.07 Å². The summed E-state index contributed by atoms with van der Waals surface area (Å²) in [7, 11) is 0. The number of amides is 1. The minimum Gasteiger partial charge on any atom is -0.326 e. The molecule has 0 unspecified atom stereocenters. The number of nitrogens with one attached hydrogen (secondary N) is 1. The quantitative estimate of drug-likeness (QED) is 0.886. The maximum atomic E-state index is 12.2. The molecule has 0 atom stereocenters. The second kappa shape index (κ2) is 5.63. The maximum absolute atomic E-state index is 12.2. The average molecular weight is 287 g/mol. The molecule has 21 heavy (non-hydrogen) atoms. The second-order valence-electron chi connectivity index (χ2n) is 7.28. The molecule has 0 spiro atoms. The summed E-state index contributed by atoms with van der Waals surface area (Å²) in [6, 6.07) is 1.94. The van der Waals surface area contributed by atoms with Crippen molar-refractivity contribution in [1.82, 2.24) is 0 Å². The molecule has 0 aliphatic heterocycles. The lowest BCUT2D eigenvalue weighted by Gasteiger charge is -2.23. The zero-order valence-electron chi connectivity index (χ0n) is 13.7. The summed E-state index contributed by atoms with van der Waals surface area (Å²) in [5.74, 6) is 0.269. The van der Waals surface area contributed by atoms with Gasteiger partial charge in [-0.1, -0.05) is 20.8 Å². The summed E-state index contributed by atoms with van der Waals surface area (Å²) in [5, 5.41) is 3.05. The third-order valence-corrected chi connectivity index (χ3v) is 3.99. The van der Waals surface area contributed by atoms with E-state index >= 15 is 0 Å². The summed E-state index contributed by atoms with van der Waals surface area (Å²) in [6.07, 6.45) is 2.96. The zero-order chi connectivity index (χ0) is 15.8. The molecule has 0 fully saturated rings. The normalized spacial score (nSPS) is 14.8. The van der Waals surface area contributed by atoms with E-state index in [0.29, 0.717) is 12.8 Å². The number of carbonyl (C=O) groups is 2. The Hall–Kier alpha value is -1.64. The molecule has 1 aliphatic rings.